The summed E-state index contributed by atoms with van der Waals surface area (Å²) < 4.78 is 10.9. The number of hydrogen-bond acceptors (Lipinski definition) is 3. The average molecular weight is 294 g/mol. The van der Waals surface area contributed by atoms with E-state index in [1.54, 1.807) is 0 Å². The number of rotatable bonds is 2. The van der Waals surface area contributed by atoms with Crippen LogP contribution >= 0.6 is 12.2 Å². The van der Waals surface area contributed by atoms with Crippen LogP contribution in [0.25, 0.3) is 11.2 Å². The van der Waals surface area contributed by atoms with Gasteiger partial charge in [-0.1, -0.05) is 0 Å². The van der Waals surface area contributed by atoms with Gasteiger partial charge in [-0.3, -0.25) is 4.57 Å². The summed E-state index contributed by atoms with van der Waals surface area (Å²) in [5.74, 6) is 0. The number of fused-ring (bicyclic) bond motifs is 1. The molecule has 1 aliphatic heterocycles. The minimum Gasteiger partial charge on any atom is -0.375 e. The van der Waals surface area contributed by atoms with Gasteiger partial charge < -0.3 is 9.72 Å². The van der Waals surface area contributed by atoms with Crippen molar-refractivity contribution in [2.24, 2.45) is 0 Å². The number of nitrogens with zero attached hydrogens (tertiary/aromatic N) is 3. The largest absolute Gasteiger partial charge is 0.375 e. The van der Waals surface area contributed by atoms with Gasteiger partial charge in [-0.25, -0.2) is 4.68 Å². The Bertz CT molecular complexity index is 694. The van der Waals surface area contributed by atoms with Crippen molar-refractivity contribution >= 4 is 23.4 Å². The summed E-state index contributed by atoms with van der Waals surface area (Å²) in [6.07, 6.45) is 1.97. The molecule has 1 aliphatic rings. The minimum absolute atomic E-state index is 0.0899. The van der Waals surface area contributed by atoms with Crippen LogP contribution in [0.1, 0.15) is 45.3 Å². The highest BCUT2D eigenvalue weighted by Gasteiger charge is 2.31. The van der Waals surface area contributed by atoms with Crippen LogP contribution in [0.3, 0.4) is 0 Å². The number of ether oxygens (including phenoxy) is 1. The Balaban J connectivity index is 2.15. The molecular formula is C14H22N4OS. The zero-order valence-electron chi connectivity index (χ0n) is 12.6. The van der Waals surface area contributed by atoms with Gasteiger partial charge in [-0.2, -0.15) is 5.10 Å². The van der Waals surface area contributed by atoms with E-state index in [0.29, 0.717) is 6.04 Å². The highest BCUT2D eigenvalue weighted by atomic mass is 32.1. The zero-order chi connectivity index (χ0) is 14.5. The molecule has 1 saturated heterocycles. The maximum Gasteiger partial charge on any atom is 0.179 e. The molecule has 0 amide bonds. The van der Waals surface area contributed by atoms with Gasteiger partial charge in [-0.05, 0) is 52.8 Å². The van der Waals surface area contributed by atoms with Gasteiger partial charge in [0.15, 0.2) is 10.4 Å². The molecule has 0 radical (unpaired) electrons. The molecule has 0 bridgehead atoms. The average Bonchev–Trinajstić information content (AvgIpc) is 2.85. The lowest BCUT2D eigenvalue weighted by atomic mass is 9.94. The predicted molar refractivity (Wildman–Crippen MR) is 81.6 cm³/mol. The van der Waals surface area contributed by atoms with E-state index in [0.717, 1.165) is 47.6 Å². The van der Waals surface area contributed by atoms with Crippen LogP contribution in [-0.2, 0) is 11.3 Å². The summed E-state index contributed by atoms with van der Waals surface area (Å²) in [4.78, 5) is 3.33. The van der Waals surface area contributed by atoms with Crippen LogP contribution in [-0.4, -0.2) is 31.5 Å². The lowest BCUT2D eigenvalue weighted by Crippen LogP contribution is -2.35. The second kappa shape index (κ2) is 4.70. The maximum atomic E-state index is 5.83. The van der Waals surface area contributed by atoms with Crippen LogP contribution < -0.4 is 0 Å². The molecule has 1 N–H and O–H groups in total. The van der Waals surface area contributed by atoms with Crippen molar-refractivity contribution in [2.75, 3.05) is 6.61 Å². The van der Waals surface area contributed by atoms with Gasteiger partial charge in [0.2, 0.25) is 0 Å². The Labute approximate surface area is 123 Å². The summed E-state index contributed by atoms with van der Waals surface area (Å²) in [5, 5.41) is 4.59. The highest BCUT2D eigenvalue weighted by molar-refractivity contribution is 7.71. The number of hydrogen-bond donors (Lipinski definition) is 1. The standard InChI is InChI=1S/C14H22N4OS/c1-5-17-12-11(9(2)16-17)15-13(20)18(12)10-6-7-19-14(3,4)8-10/h10H,5-8H2,1-4H3,(H,15,20). The molecule has 0 aliphatic carbocycles. The topological polar surface area (TPSA) is 47.8 Å². The second-order valence-corrected chi connectivity index (χ2v) is 6.54. The van der Waals surface area contributed by atoms with Crippen molar-refractivity contribution in [2.45, 2.75) is 58.7 Å². The molecule has 0 saturated carbocycles. The molecule has 20 heavy (non-hydrogen) atoms. The van der Waals surface area contributed by atoms with Gasteiger partial charge in [0.05, 0.1) is 11.3 Å². The number of aryl methyl sites for hydroxylation is 2. The number of imidazole rings is 1. The number of aromatic amines is 1. The summed E-state index contributed by atoms with van der Waals surface area (Å²) in [7, 11) is 0. The Kier molecular flexibility index (Phi) is 3.25. The molecule has 0 aromatic carbocycles. The first-order valence-electron chi connectivity index (χ1n) is 7.24. The lowest BCUT2D eigenvalue weighted by molar-refractivity contribution is -0.0688. The molecule has 5 nitrogen and oxygen atoms in total. The first-order chi connectivity index (χ1) is 9.43. The van der Waals surface area contributed by atoms with Crippen molar-refractivity contribution < 1.29 is 4.74 Å². The van der Waals surface area contributed by atoms with E-state index in [-0.39, 0.29) is 5.60 Å². The molecule has 3 rings (SSSR count). The minimum atomic E-state index is -0.0899. The zero-order valence-corrected chi connectivity index (χ0v) is 13.4. The number of nitrogens with one attached hydrogen (secondary N) is 1. The molecule has 2 aromatic rings. The third kappa shape index (κ3) is 2.11. The van der Waals surface area contributed by atoms with Gasteiger partial charge >= 0.3 is 0 Å². The Morgan fingerprint density at radius 2 is 2.25 bits per heavy atom. The summed E-state index contributed by atoms with van der Waals surface area (Å²) >= 11 is 5.56. The Morgan fingerprint density at radius 3 is 2.90 bits per heavy atom. The molecule has 2 aromatic heterocycles. The van der Waals surface area contributed by atoms with Gasteiger partial charge in [0, 0.05) is 19.2 Å². The highest BCUT2D eigenvalue weighted by Crippen LogP contribution is 2.34. The second-order valence-electron chi connectivity index (χ2n) is 6.15. The number of H-pyrrole nitrogens is 1. The molecule has 3 heterocycles. The third-order valence-corrected chi connectivity index (χ3v) is 4.41. The fourth-order valence-electron chi connectivity index (χ4n) is 3.20. The predicted octanol–water partition coefficient (Wildman–Crippen LogP) is 3.35. The van der Waals surface area contributed by atoms with Crippen molar-refractivity contribution in [1.29, 1.82) is 0 Å². The van der Waals surface area contributed by atoms with Gasteiger partial charge in [0.1, 0.15) is 5.52 Å². The SMILES string of the molecule is CCn1nc(C)c2[nH]c(=S)n(C3CCOC(C)(C)C3)c21. The van der Waals surface area contributed by atoms with E-state index >= 15 is 0 Å². The first-order valence-corrected chi connectivity index (χ1v) is 7.65. The fraction of sp³-hybridized carbons (Fsp3) is 0.714. The van der Waals surface area contributed by atoms with Crippen LogP contribution in [0.5, 0.6) is 0 Å². The van der Waals surface area contributed by atoms with Crippen LogP contribution in [0.2, 0.25) is 0 Å². The van der Waals surface area contributed by atoms with Crippen LogP contribution in [0.4, 0.5) is 0 Å². The van der Waals surface area contributed by atoms with Gasteiger partial charge in [0.25, 0.3) is 0 Å². The van der Waals surface area contributed by atoms with Crippen LogP contribution in [0, 0.1) is 11.7 Å². The summed E-state index contributed by atoms with van der Waals surface area (Å²) in [6.45, 7) is 10.1. The molecule has 0 spiro atoms. The quantitative estimate of drug-likeness (QED) is 0.864. The first kappa shape index (κ1) is 13.8. The smallest absolute Gasteiger partial charge is 0.179 e. The summed E-state index contributed by atoms with van der Waals surface area (Å²) in [5.41, 5.74) is 3.12. The van der Waals surface area contributed by atoms with Gasteiger partial charge in [-0.15, -0.1) is 0 Å². The van der Waals surface area contributed by atoms with Crippen molar-refractivity contribution in [3.05, 3.63) is 10.5 Å². The maximum absolute atomic E-state index is 5.83. The van der Waals surface area contributed by atoms with Crippen molar-refractivity contribution in [3.8, 4) is 0 Å². The van der Waals surface area contributed by atoms with E-state index < -0.39 is 0 Å². The van der Waals surface area contributed by atoms with Crippen LogP contribution in [0.15, 0.2) is 0 Å². The molecule has 1 atom stereocenters. The molecule has 6 heteroatoms. The van der Waals surface area contributed by atoms with Crippen molar-refractivity contribution in [1.82, 2.24) is 19.3 Å². The van der Waals surface area contributed by atoms with E-state index in [1.165, 1.54) is 0 Å². The monoisotopic (exact) mass is 294 g/mol. The molecular weight excluding hydrogens is 272 g/mol. The Morgan fingerprint density at radius 1 is 1.50 bits per heavy atom. The van der Waals surface area contributed by atoms with E-state index in [1.807, 2.05) is 11.6 Å². The molecule has 1 fully saturated rings. The molecule has 1 unspecified atom stereocenters. The lowest BCUT2D eigenvalue weighted by Gasteiger charge is -2.36. The Hall–Kier alpha value is -1.14. The normalized spacial score (nSPS) is 22.5. The van der Waals surface area contributed by atoms with Crippen molar-refractivity contribution in [3.63, 3.8) is 0 Å². The fourth-order valence-corrected chi connectivity index (χ4v) is 3.54. The van der Waals surface area contributed by atoms with E-state index in [9.17, 15) is 0 Å². The van der Waals surface area contributed by atoms with E-state index in [4.69, 9.17) is 17.0 Å². The van der Waals surface area contributed by atoms with E-state index in [2.05, 4.69) is 35.4 Å². The molecule has 110 valence electrons. The number of aromatic nitrogens is 4. The summed E-state index contributed by atoms with van der Waals surface area (Å²) in [6, 6.07) is 0.376. The third-order valence-electron chi connectivity index (χ3n) is 4.12.